The molecule has 1 aliphatic rings. The maximum atomic E-state index is 6.05. The summed E-state index contributed by atoms with van der Waals surface area (Å²) in [6.45, 7) is 5.20. The number of methoxy groups -OCH3 is 1. The summed E-state index contributed by atoms with van der Waals surface area (Å²) in [6.07, 6.45) is 4.29. The third-order valence-corrected chi connectivity index (χ3v) is 5.60. The minimum atomic E-state index is 0.611. The number of benzene rings is 2. The predicted molar refractivity (Wildman–Crippen MR) is 123 cm³/mol. The maximum Gasteiger partial charge on any atom is 0.163 e. The highest BCUT2D eigenvalue weighted by Crippen LogP contribution is 2.35. The fourth-order valence-corrected chi connectivity index (χ4v) is 3.89. The van der Waals surface area contributed by atoms with Gasteiger partial charge in [0.2, 0.25) is 0 Å². The molecule has 2 aromatic heterocycles. The summed E-state index contributed by atoms with van der Waals surface area (Å²) in [5.41, 5.74) is 2.69. The van der Waals surface area contributed by atoms with Crippen molar-refractivity contribution in [2.45, 2.75) is 6.42 Å². The van der Waals surface area contributed by atoms with Gasteiger partial charge >= 0.3 is 0 Å². The first-order valence-corrected chi connectivity index (χ1v) is 10.8. The number of hydrogen-bond acceptors (Lipinski definition) is 8. The van der Waals surface area contributed by atoms with Gasteiger partial charge in [0.1, 0.15) is 12.1 Å². The van der Waals surface area contributed by atoms with Crippen molar-refractivity contribution in [2.24, 2.45) is 0 Å². The Labute approximate surface area is 185 Å². The van der Waals surface area contributed by atoms with Crippen LogP contribution in [0.25, 0.3) is 21.8 Å². The molecule has 0 amide bonds. The van der Waals surface area contributed by atoms with Gasteiger partial charge in [-0.15, -0.1) is 0 Å². The Hall–Kier alpha value is -3.43. The highest BCUT2D eigenvalue weighted by molar-refractivity contribution is 5.94. The SMILES string of the molecule is COc1cc2c(Nc3ccc4[nH]ncc4c3)ncnc2cc1OCCCN1CCOCC1. The van der Waals surface area contributed by atoms with Crippen molar-refractivity contribution in [1.82, 2.24) is 25.1 Å². The normalized spacial score (nSPS) is 14.7. The average Bonchev–Trinajstić information content (AvgIpc) is 3.30. The molecular formula is C23H26N6O3. The summed E-state index contributed by atoms with van der Waals surface area (Å²) < 4.78 is 17.1. The second kappa shape index (κ2) is 9.37. The number of aromatic amines is 1. The lowest BCUT2D eigenvalue weighted by Gasteiger charge is -2.26. The van der Waals surface area contributed by atoms with E-state index < -0.39 is 0 Å². The van der Waals surface area contributed by atoms with Gasteiger partial charge in [0, 0.05) is 42.2 Å². The Bertz CT molecular complexity index is 1210. The minimum Gasteiger partial charge on any atom is -0.493 e. The predicted octanol–water partition coefficient (Wildman–Crippen LogP) is 3.36. The Morgan fingerprint density at radius 1 is 1.12 bits per heavy atom. The number of hydrogen-bond donors (Lipinski definition) is 2. The van der Waals surface area contributed by atoms with E-state index in [0.717, 1.165) is 66.8 Å². The lowest BCUT2D eigenvalue weighted by atomic mass is 10.2. The fraction of sp³-hybridized carbons (Fsp3) is 0.348. The van der Waals surface area contributed by atoms with Crippen LogP contribution in [-0.2, 0) is 4.74 Å². The summed E-state index contributed by atoms with van der Waals surface area (Å²) in [6, 6.07) is 9.82. The smallest absolute Gasteiger partial charge is 0.163 e. The molecule has 9 nitrogen and oxygen atoms in total. The molecule has 1 fully saturated rings. The van der Waals surface area contributed by atoms with Gasteiger partial charge in [-0.25, -0.2) is 9.97 Å². The number of aromatic nitrogens is 4. The third kappa shape index (κ3) is 4.44. The number of anilines is 2. The first kappa shape index (κ1) is 20.5. The van der Waals surface area contributed by atoms with Gasteiger partial charge in [-0.2, -0.15) is 5.10 Å². The Morgan fingerprint density at radius 3 is 2.91 bits per heavy atom. The molecule has 5 rings (SSSR count). The van der Waals surface area contributed by atoms with Crippen LogP contribution in [0.4, 0.5) is 11.5 Å². The zero-order chi connectivity index (χ0) is 21.8. The summed E-state index contributed by atoms with van der Waals surface area (Å²) in [5, 5.41) is 12.3. The van der Waals surface area contributed by atoms with Crippen LogP contribution >= 0.6 is 0 Å². The van der Waals surface area contributed by atoms with Crippen molar-refractivity contribution < 1.29 is 14.2 Å². The van der Waals surface area contributed by atoms with E-state index in [-0.39, 0.29) is 0 Å². The monoisotopic (exact) mass is 434 g/mol. The van der Waals surface area contributed by atoms with Crippen LogP contribution in [0.3, 0.4) is 0 Å². The van der Waals surface area contributed by atoms with E-state index >= 15 is 0 Å². The Morgan fingerprint density at radius 2 is 2.03 bits per heavy atom. The van der Waals surface area contributed by atoms with Crippen LogP contribution < -0.4 is 14.8 Å². The van der Waals surface area contributed by atoms with Crippen molar-refractivity contribution in [3.05, 3.63) is 42.9 Å². The number of nitrogens with one attached hydrogen (secondary N) is 2. The molecule has 2 N–H and O–H groups in total. The molecule has 166 valence electrons. The largest absolute Gasteiger partial charge is 0.493 e. The summed E-state index contributed by atoms with van der Waals surface area (Å²) in [7, 11) is 1.64. The lowest BCUT2D eigenvalue weighted by molar-refractivity contribution is 0.0357. The van der Waals surface area contributed by atoms with Crippen LogP contribution in [0.2, 0.25) is 0 Å². The molecule has 0 spiro atoms. The van der Waals surface area contributed by atoms with Crippen molar-refractivity contribution in [3.63, 3.8) is 0 Å². The van der Waals surface area contributed by atoms with Crippen LogP contribution in [-0.4, -0.2) is 71.6 Å². The topological polar surface area (TPSA) is 97.4 Å². The number of morpholine rings is 1. The van der Waals surface area contributed by atoms with Crippen molar-refractivity contribution in [3.8, 4) is 11.5 Å². The summed E-state index contributed by atoms with van der Waals surface area (Å²) in [5.74, 6) is 2.05. The quantitative estimate of drug-likeness (QED) is 0.408. The third-order valence-electron chi connectivity index (χ3n) is 5.60. The first-order chi connectivity index (χ1) is 15.8. The molecule has 32 heavy (non-hydrogen) atoms. The van der Waals surface area contributed by atoms with Crippen LogP contribution in [0.15, 0.2) is 42.9 Å². The molecule has 3 heterocycles. The molecule has 9 heteroatoms. The fourth-order valence-electron chi connectivity index (χ4n) is 3.89. The summed E-state index contributed by atoms with van der Waals surface area (Å²) in [4.78, 5) is 11.3. The molecule has 0 saturated carbocycles. The highest BCUT2D eigenvalue weighted by Gasteiger charge is 2.13. The first-order valence-electron chi connectivity index (χ1n) is 10.8. The van der Waals surface area contributed by atoms with Crippen LogP contribution in [0.1, 0.15) is 6.42 Å². The second-order valence-corrected chi connectivity index (χ2v) is 7.70. The van der Waals surface area contributed by atoms with Crippen molar-refractivity contribution in [1.29, 1.82) is 0 Å². The van der Waals surface area contributed by atoms with Gasteiger partial charge in [-0.1, -0.05) is 0 Å². The molecule has 1 aliphatic heterocycles. The van der Waals surface area contributed by atoms with Crippen molar-refractivity contribution in [2.75, 3.05) is 51.9 Å². The number of ether oxygens (including phenoxy) is 3. The Kier molecular flexibility index (Phi) is 6.00. The molecule has 2 aromatic carbocycles. The van der Waals surface area contributed by atoms with E-state index in [9.17, 15) is 0 Å². The maximum absolute atomic E-state index is 6.05. The van der Waals surface area contributed by atoms with Gasteiger partial charge in [0.15, 0.2) is 11.5 Å². The molecule has 0 atom stereocenters. The van der Waals surface area contributed by atoms with E-state index in [4.69, 9.17) is 14.2 Å². The lowest BCUT2D eigenvalue weighted by Crippen LogP contribution is -2.37. The van der Waals surface area contributed by atoms with E-state index in [1.807, 2.05) is 30.3 Å². The second-order valence-electron chi connectivity index (χ2n) is 7.70. The average molecular weight is 435 g/mol. The van der Waals surface area contributed by atoms with Crippen LogP contribution in [0, 0.1) is 0 Å². The molecule has 1 saturated heterocycles. The number of rotatable bonds is 8. The van der Waals surface area contributed by atoms with E-state index in [1.54, 1.807) is 19.6 Å². The van der Waals surface area contributed by atoms with Gasteiger partial charge in [-0.05, 0) is 30.7 Å². The molecule has 4 aromatic rings. The van der Waals surface area contributed by atoms with Crippen LogP contribution in [0.5, 0.6) is 11.5 Å². The zero-order valence-electron chi connectivity index (χ0n) is 18.0. The zero-order valence-corrected chi connectivity index (χ0v) is 18.0. The minimum absolute atomic E-state index is 0.611. The standard InChI is InChI=1S/C23H26N6O3/c1-30-21-12-18-20(13-22(21)32-8-2-5-29-6-9-31-10-7-29)24-15-25-23(18)27-17-3-4-19-16(11-17)14-26-28-19/h3-4,11-15H,2,5-10H2,1H3,(H,26,28)(H,24,25,27). The number of H-pyrrole nitrogens is 1. The molecule has 0 aliphatic carbocycles. The molecule has 0 radical (unpaired) electrons. The van der Waals surface area contributed by atoms with E-state index in [1.165, 1.54) is 0 Å². The van der Waals surface area contributed by atoms with Gasteiger partial charge in [-0.3, -0.25) is 10.00 Å². The molecular weight excluding hydrogens is 408 g/mol. The van der Waals surface area contributed by atoms with Crippen molar-refractivity contribution >= 4 is 33.3 Å². The molecule has 0 unspecified atom stereocenters. The van der Waals surface area contributed by atoms with E-state index in [0.29, 0.717) is 23.9 Å². The summed E-state index contributed by atoms with van der Waals surface area (Å²) >= 11 is 0. The van der Waals surface area contributed by atoms with E-state index in [2.05, 4.69) is 30.4 Å². The molecule has 0 bridgehead atoms. The van der Waals surface area contributed by atoms with Gasteiger partial charge in [0.25, 0.3) is 0 Å². The number of nitrogens with zero attached hydrogens (tertiary/aromatic N) is 4. The van der Waals surface area contributed by atoms with Gasteiger partial charge < -0.3 is 19.5 Å². The Balaban J connectivity index is 1.32. The highest BCUT2D eigenvalue weighted by atomic mass is 16.5. The number of fused-ring (bicyclic) bond motifs is 2. The van der Waals surface area contributed by atoms with Gasteiger partial charge in [0.05, 0.1) is 44.2 Å².